The van der Waals surface area contributed by atoms with E-state index in [1.165, 1.54) is 36.5 Å². The first-order valence-electron chi connectivity index (χ1n) is 20.8. The molecule has 3 heterocycles. The largest absolute Gasteiger partial charge is 0.309 e. The minimum absolute atomic E-state index is 0.605. The average molecular weight is 809 g/mol. The molecule has 0 atom stereocenters. The summed E-state index contributed by atoms with van der Waals surface area (Å²) in [5, 5.41) is 4.96. The molecule has 0 aliphatic carbocycles. The lowest BCUT2D eigenvalue weighted by molar-refractivity contribution is 1.07. The summed E-state index contributed by atoms with van der Waals surface area (Å²) in [6, 6.07) is 77.5. The monoisotopic (exact) mass is 808 g/mol. The third-order valence-electron chi connectivity index (χ3n) is 11.8. The SMILES string of the molecule is c1ccc(-c2cc(-c3nc(-c4ccccc4)nc(-c4ccc(-c5ccccc5)c(-n5c6ccccc6c6ccccc65)c4)n3)cc(-c3cccc4c3sc3ccccc34)c2)cc1. The molecule has 9 aromatic carbocycles. The number of aromatic nitrogens is 4. The summed E-state index contributed by atoms with van der Waals surface area (Å²) in [7, 11) is 0. The maximum atomic E-state index is 5.39. The Kier molecular flexibility index (Phi) is 8.65. The molecule has 0 aliphatic heterocycles. The van der Waals surface area contributed by atoms with Crippen molar-refractivity contribution < 1.29 is 0 Å². The first-order chi connectivity index (χ1) is 30.7. The minimum atomic E-state index is 0.605. The molecule has 0 N–H and O–H groups in total. The number of nitrogens with zero attached hydrogens (tertiary/aromatic N) is 4. The van der Waals surface area contributed by atoms with Crippen LogP contribution >= 0.6 is 11.3 Å². The lowest BCUT2D eigenvalue weighted by Crippen LogP contribution is -2.02. The van der Waals surface area contributed by atoms with Gasteiger partial charge >= 0.3 is 0 Å². The van der Waals surface area contributed by atoms with Crippen molar-refractivity contribution in [1.29, 1.82) is 0 Å². The van der Waals surface area contributed by atoms with E-state index in [-0.39, 0.29) is 0 Å². The Morgan fingerprint density at radius 3 is 1.52 bits per heavy atom. The number of hydrogen-bond donors (Lipinski definition) is 0. The van der Waals surface area contributed by atoms with E-state index >= 15 is 0 Å². The highest BCUT2D eigenvalue weighted by Gasteiger charge is 2.20. The molecule has 0 fully saturated rings. The number of fused-ring (bicyclic) bond motifs is 6. The molecule has 12 aromatic rings. The fourth-order valence-electron chi connectivity index (χ4n) is 8.93. The zero-order chi connectivity index (χ0) is 41.0. The Morgan fingerprint density at radius 2 is 0.823 bits per heavy atom. The lowest BCUT2D eigenvalue weighted by atomic mass is 9.95. The van der Waals surface area contributed by atoms with E-state index in [4.69, 9.17) is 15.0 Å². The molecule has 0 radical (unpaired) electrons. The quantitative estimate of drug-likeness (QED) is 0.161. The molecule has 5 heteroatoms. The van der Waals surface area contributed by atoms with Gasteiger partial charge in [0.25, 0.3) is 0 Å². The van der Waals surface area contributed by atoms with E-state index in [9.17, 15) is 0 Å². The van der Waals surface area contributed by atoms with Crippen LogP contribution in [0.4, 0.5) is 0 Å². The summed E-state index contributed by atoms with van der Waals surface area (Å²) >= 11 is 1.84. The van der Waals surface area contributed by atoms with Gasteiger partial charge in [0, 0.05) is 53.2 Å². The molecule has 0 bridgehead atoms. The molecular weight excluding hydrogens is 773 g/mol. The van der Waals surface area contributed by atoms with Crippen molar-refractivity contribution in [3.63, 3.8) is 0 Å². The molecular formula is C57H36N4S. The summed E-state index contributed by atoms with van der Waals surface area (Å²) < 4.78 is 4.94. The van der Waals surface area contributed by atoms with Crippen LogP contribution in [0.1, 0.15) is 0 Å². The van der Waals surface area contributed by atoms with Crippen molar-refractivity contribution in [3.8, 4) is 73.2 Å². The molecule has 12 rings (SSSR count). The molecule has 290 valence electrons. The van der Waals surface area contributed by atoms with Crippen LogP contribution in [0, 0.1) is 0 Å². The van der Waals surface area contributed by atoms with Gasteiger partial charge in [0.15, 0.2) is 17.5 Å². The number of hydrogen-bond acceptors (Lipinski definition) is 4. The molecule has 62 heavy (non-hydrogen) atoms. The molecule has 0 saturated carbocycles. The van der Waals surface area contributed by atoms with Crippen molar-refractivity contribution in [3.05, 3.63) is 218 Å². The van der Waals surface area contributed by atoms with E-state index in [0.717, 1.165) is 61.2 Å². The lowest BCUT2D eigenvalue weighted by Gasteiger charge is -2.16. The number of rotatable bonds is 7. The van der Waals surface area contributed by atoms with Gasteiger partial charge in [0.05, 0.1) is 16.7 Å². The van der Waals surface area contributed by atoms with Crippen molar-refractivity contribution in [1.82, 2.24) is 19.5 Å². The van der Waals surface area contributed by atoms with Gasteiger partial charge in [-0.1, -0.05) is 176 Å². The van der Waals surface area contributed by atoms with Crippen molar-refractivity contribution >= 4 is 53.3 Å². The predicted octanol–water partition coefficient (Wildman–Crippen LogP) is 15.3. The van der Waals surface area contributed by atoms with Gasteiger partial charge in [-0.2, -0.15) is 0 Å². The smallest absolute Gasteiger partial charge is 0.164 e. The Balaban J connectivity index is 1.10. The Morgan fingerprint density at radius 1 is 0.306 bits per heavy atom. The molecule has 0 spiro atoms. The van der Waals surface area contributed by atoms with Gasteiger partial charge in [0.2, 0.25) is 0 Å². The number of benzene rings is 9. The second-order valence-corrected chi connectivity index (χ2v) is 16.6. The Bertz CT molecular complexity index is 3580. The van der Waals surface area contributed by atoms with Gasteiger partial charge < -0.3 is 4.57 Å². The second kappa shape index (κ2) is 14.9. The van der Waals surface area contributed by atoms with Crippen LogP contribution in [0.2, 0.25) is 0 Å². The van der Waals surface area contributed by atoms with E-state index in [2.05, 4.69) is 205 Å². The standard InChI is InChI=1S/C57H36N4S/c1-4-17-37(18-5-1)41-33-42(45-26-16-27-49-48-25-12-15-30-53(48)62-54(45)49)35-43(34-41)57-59-55(39-21-8-3-9-22-39)58-56(60-57)40-31-32-44(38-19-6-2-7-20-38)52(36-40)61-50-28-13-10-23-46(50)47-24-11-14-29-51(47)61/h1-36H. The molecule has 0 saturated heterocycles. The molecule has 4 nitrogen and oxygen atoms in total. The van der Waals surface area contributed by atoms with E-state index in [0.29, 0.717) is 17.5 Å². The van der Waals surface area contributed by atoms with Gasteiger partial charge in [-0.15, -0.1) is 11.3 Å². The van der Waals surface area contributed by atoms with Crippen LogP contribution in [0.25, 0.3) is 115 Å². The van der Waals surface area contributed by atoms with Crippen molar-refractivity contribution in [2.75, 3.05) is 0 Å². The summed E-state index contributed by atoms with van der Waals surface area (Å²) in [5.74, 6) is 1.84. The predicted molar refractivity (Wildman–Crippen MR) is 260 cm³/mol. The fraction of sp³-hybridized carbons (Fsp3) is 0. The maximum absolute atomic E-state index is 5.39. The highest BCUT2D eigenvalue weighted by atomic mass is 32.1. The Hall–Kier alpha value is -7.99. The molecule has 0 unspecified atom stereocenters. The van der Waals surface area contributed by atoms with Crippen LogP contribution in [0.3, 0.4) is 0 Å². The highest BCUT2D eigenvalue weighted by molar-refractivity contribution is 7.26. The van der Waals surface area contributed by atoms with Crippen LogP contribution < -0.4 is 0 Å². The van der Waals surface area contributed by atoms with Crippen LogP contribution in [0.5, 0.6) is 0 Å². The summed E-state index contributed by atoms with van der Waals surface area (Å²) in [4.78, 5) is 15.9. The summed E-state index contributed by atoms with van der Waals surface area (Å²) in [6.07, 6.45) is 0. The van der Waals surface area contributed by atoms with Gasteiger partial charge in [-0.3, -0.25) is 0 Å². The van der Waals surface area contributed by atoms with Crippen LogP contribution in [0.15, 0.2) is 218 Å². The topological polar surface area (TPSA) is 43.6 Å². The Labute approximate surface area is 362 Å². The van der Waals surface area contributed by atoms with Gasteiger partial charge in [-0.05, 0) is 70.3 Å². The first kappa shape index (κ1) is 35.9. The second-order valence-electron chi connectivity index (χ2n) is 15.6. The van der Waals surface area contributed by atoms with E-state index < -0.39 is 0 Å². The normalized spacial score (nSPS) is 11.5. The van der Waals surface area contributed by atoms with Crippen molar-refractivity contribution in [2.45, 2.75) is 0 Å². The van der Waals surface area contributed by atoms with E-state index in [1.807, 2.05) is 29.5 Å². The average Bonchev–Trinajstić information content (AvgIpc) is 3.90. The van der Waals surface area contributed by atoms with Gasteiger partial charge in [-0.25, -0.2) is 15.0 Å². The van der Waals surface area contributed by atoms with Crippen molar-refractivity contribution in [2.24, 2.45) is 0 Å². The van der Waals surface area contributed by atoms with Gasteiger partial charge in [0.1, 0.15) is 0 Å². The van der Waals surface area contributed by atoms with Crippen LogP contribution in [-0.2, 0) is 0 Å². The molecule has 0 amide bonds. The maximum Gasteiger partial charge on any atom is 0.164 e. The number of thiophene rings is 1. The zero-order valence-electron chi connectivity index (χ0n) is 33.5. The summed E-state index contributed by atoms with van der Waals surface area (Å²) in [5.41, 5.74) is 12.9. The van der Waals surface area contributed by atoms with E-state index in [1.54, 1.807) is 0 Å². The number of para-hydroxylation sites is 2. The third-order valence-corrected chi connectivity index (χ3v) is 13.1. The minimum Gasteiger partial charge on any atom is -0.309 e. The summed E-state index contributed by atoms with van der Waals surface area (Å²) in [6.45, 7) is 0. The fourth-order valence-corrected chi connectivity index (χ4v) is 10.2. The first-order valence-corrected chi connectivity index (χ1v) is 21.7. The molecule has 0 aliphatic rings. The third kappa shape index (κ3) is 6.18. The van der Waals surface area contributed by atoms with Crippen LogP contribution in [-0.4, -0.2) is 19.5 Å². The molecule has 3 aromatic heterocycles. The highest BCUT2D eigenvalue weighted by Crippen LogP contribution is 2.43. The zero-order valence-corrected chi connectivity index (χ0v) is 34.3.